The van der Waals surface area contributed by atoms with Crippen molar-refractivity contribution >= 4 is 54.1 Å². The van der Waals surface area contributed by atoms with Gasteiger partial charge in [0.2, 0.25) is 0 Å². The number of aromatic nitrogens is 1. The number of ether oxygens (including phenoxy) is 1. The molecule has 0 spiro atoms. The van der Waals surface area contributed by atoms with Crippen LogP contribution in [0.5, 0.6) is 5.75 Å². The zero-order valence-electron chi connectivity index (χ0n) is 12.5. The van der Waals surface area contributed by atoms with E-state index >= 15 is 0 Å². The first-order chi connectivity index (χ1) is 11.4. The van der Waals surface area contributed by atoms with Crippen LogP contribution in [0.25, 0.3) is 10.9 Å². The summed E-state index contributed by atoms with van der Waals surface area (Å²) >= 11 is 9.30. The summed E-state index contributed by atoms with van der Waals surface area (Å²) in [6, 6.07) is 11.6. The molecule has 124 valence electrons. The van der Waals surface area contributed by atoms with Crippen molar-refractivity contribution in [2.45, 2.75) is 4.90 Å². The van der Waals surface area contributed by atoms with Crippen LogP contribution in [0.1, 0.15) is 0 Å². The summed E-state index contributed by atoms with van der Waals surface area (Å²) in [4.78, 5) is 4.23. The molecule has 0 radical (unpaired) electrons. The van der Waals surface area contributed by atoms with Gasteiger partial charge < -0.3 is 4.74 Å². The molecular weight excluding hydrogens is 416 g/mol. The number of benzene rings is 2. The number of anilines is 1. The van der Waals surface area contributed by atoms with Gasteiger partial charge in [0.25, 0.3) is 10.0 Å². The second-order valence-corrected chi connectivity index (χ2v) is 7.90. The molecule has 0 fully saturated rings. The lowest BCUT2D eigenvalue weighted by atomic mass is 10.2. The molecule has 0 saturated heterocycles. The quantitative estimate of drug-likeness (QED) is 0.667. The van der Waals surface area contributed by atoms with Gasteiger partial charge in [-0.05, 0) is 30.3 Å². The Hall–Kier alpha value is -1.83. The van der Waals surface area contributed by atoms with Gasteiger partial charge in [0, 0.05) is 22.1 Å². The van der Waals surface area contributed by atoms with E-state index in [4.69, 9.17) is 16.3 Å². The van der Waals surface area contributed by atoms with Gasteiger partial charge in [0.05, 0.1) is 23.3 Å². The first kappa shape index (κ1) is 17.0. The van der Waals surface area contributed by atoms with Crippen molar-refractivity contribution < 1.29 is 13.2 Å². The SMILES string of the molecule is COc1cc(NS(=O)(=O)c2cc(Br)ccc2Cl)c2ncccc2c1. The van der Waals surface area contributed by atoms with Gasteiger partial charge >= 0.3 is 0 Å². The summed E-state index contributed by atoms with van der Waals surface area (Å²) in [5.74, 6) is 0.522. The first-order valence-electron chi connectivity index (χ1n) is 6.81. The number of sulfonamides is 1. The second-order valence-electron chi connectivity index (χ2n) is 4.93. The minimum Gasteiger partial charge on any atom is -0.497 e. The highest BCUT2D eigenvalue weighted by Gasteiger charge is 2.20. The molecular formula is C16H12BrClN2O3S. The number of pyridine rings is 1. The number of hydrogen-bond donors (Lipinski definition) is 1. The number of fused-ring (bicyclic) bond motifs is 1. The van der Waals surface area contributed by atoms with Gasteiger partial charge in [-0.3, -0.25) is 9.71 Å². The van der Waals surface area contributed by atoms with Crippen molar-refractivity contribution in [3.05, 3.63) is 58.2 Å². The Morgan fingerprint density at radius 3 is 2.75 bits per heavy atom. The molecule has 0 aliphatic carbocycles. The third-order valence-corrected chi connectivity index (χ3v) is 5.68. The highest BCUT2D eigenvalue weighted by molar-refractivity contribution is 9.10. The van der Waals surface area contributed by atoms with Crippen LogP contribution in [0.15, 0.2) is 58.0 Å². The van der Waals surface area contributed by atoms with Gasteiger partial charge in [-0.2, -0.15) is 0 Å². The molecule has 1 heterocycles. The Labute approximate surface area is 152 Å². The third-order valence-electron chi connectivity index (χ3n) is 3.34. The molecule has 0 saturated carbocycles. The fraction of sp³-hybridized carbons (Fsp3) is 0.0625. The Balaban J connectivity index is 2.13. The summed E-state index contributed by atoms with van der Waals surface area (Å²) in [5, 5.41) is 0.890. The highest BCUT2D eigenvalue weighted by atomic mass is 79.9. The second kappa shape index (κ2) is 6.58. The molecule has 0 bridgehead atoms. The van der Waals surface area contributed by atoms with E-state index < -0.39 is 10.0 Å². The van der Waals surface area contributed by atoms with Crippen molar-refractivity contribution in [3.8, 4) is 5.75 Å². The Kier molecular flexibility index (Phi) is 4.67. The van der Waals surface area contributed by atoms with E-state index in [0.717, 1.165) is 5.39 Å². The fourth-order valence-electron chi connectivity index (χ4n) is 2.24. The summed E-state index contributed by atoms with van der Waals surface area (Å²) < 4.78 is 33.9. The summed E-state index contributed by atoms with van der Waals surface area (Å²) in [6.45, 7) is 0. The molecule has 1 aromatic heterocycles. The predicted octanol–water partition coefficient (Wildman–Crippen LogP) is 4.46. The summed E-state index contributed by atoms with van der Waals surface area (Å²) in [7, 11) is -2.38. The van der Waals surface area contributed by atoms with Crippen LogP contribution in [0.2, 0.25) is 5.02 Å². The molecule has 24 heavy (non-hydrogen) atoms. The van der Waals surface area contributed by atoms with Crippen molar-refractivity contribution in [1.82, 2.24) is 4.98 Å². The first-order valence-corrected chi connectivity index (χ1v) is 9.47. The molecule has 8 heteroatoms. The summed E-state index contributed by atoms with van der Waals surface area (Å²) in [5.41, 5.74) is 0.842. The number of methoxy groups -OCH3 is 1. The number of halogens is 2. The topological polar surface area (TPSA) is 68.3 Å². The lowest BCUT2D eigenvalue weighted by Crippen LogP contribution is -2.14. The van der Waals surface area contributed by atoms with Gasteiger partial charge in [-0.25, -0.2) is 8.42 Å². The number of nitrogens with zero attached hydrogens (tertiary/aromatic N) is 1. The number of rotatable bonds is 4. The van der Waals surface area contributed by atoms with Gasteiger partial charge in [0.1, 0.15) is 10.6 Å². The molecule has 0 aliphatic rings. The minimum absolute atomic E-state index is 0.0227. The Morgan fingerprint density at radius 2 is 2.00 bits per heavy atom. The van der Waals surface area contributed by atoms with E-state index in [1.807, 2.05) is 6.07 Å². The Morgan fingerprint density at radius 1 is 1.21 bits per heavy atom. The average Bonchev–Trinajstić information content (AvgIpc) is 2.56. The molecule has 0 unspecified atom stereocenters. The molecule has 0 atom stereocenters. The van der Waals surface area contributed by atoms with E-state index in [2.05, 4.69) is 25.6 Å². The highest BCUT2D eigenvalue weighted by Crippen LogP contribution is 2.31. The van der Waals surface area contributed by atoms with E-state index in [0.29, 0.717) is 21.4 Å². The average molecular weight is 428 g/mol. The van der Waals surface area contributed by atoms with E-state index in [-0.39, 0.29) is 9.92 Å². The van der Waals surface area contributed by atoms with Crippen LogP contribution < -0.4 is 9.46 Å². The molecule has 3 aromatic rings. The number of nitrogens with one attached hydrogen (secondary N) is 1. The molecule has 1 N–H and O–H groups in total. The van der Waals surface area contributed by atoms with Crippen LogP contribution in [-0.2, 0) is 10.0 Å². The van der Waals surface area contributed by atoms with Crippen LogP contribution >= 0.6 is 27.5 Å². The van der Waals surface area contributed by atoms with Crippen LogP contribution in [-0.4, -0.2) is 20.5 Å². The molecule has 2 aromatic carbocycles. The standard InChI is InChI=1S/C16H12BrClN2O3S/c1-23-12-7-10-3-2-6-19-16(10)14(9-12)20-24(21,22)15-8-11(17)4-5-13(15)18/h2-9,20H,1H3. The predicted molar refractivity (Wildman–Crippen MR) is 98.3 cm³/mol. The maximum atomic E-state index is 12.7. The van der Waals surface area contributed by atoms with Gasteiger partial charge in [0.15, 0.2) is 0 Å². The normalized spacial score (nSPS) is 11.5. The van der Waals surface area contributed by atoms with E-state index in [1.54, 1.807) is 30.5 Å². The van der Waals surface area contributed by atoms with Crippen molar-refractivity contribution in [3.63, 3.8) is 0 Å². The zero-order chi connectivity index (χ0) is 17.3. The smallest absolute Gasteiger partial charge is 0.263 e. The molecule has 0 aliphatic heterocycles. The molecule has 5 nitrogen and oxygen atoms in total. The fourth-order valence-corrected chi connectivity index (χ4v) is 4.34. The minimum atomic E-state index is -3.89. The Bertz CT molecular complexity index is 1030. The van der Waals surface area contributed by atoms with Crippen LogP contribution in [0, 0.1) is 0 Å². The molecule has 0 amide bonds. The van der Waals surface area contributed by atoms with Crippen LogP contribution in [0.4, 0.5) is 5.69 Å². The lowest BCUT2D eigenvalue weighted by molar-refractivity contribution is 0.415. The van der Waals surface area contributed by atoms with Crippen molar-refractivity contribution in [1.29, 1.82) is 0 Å². The maximum Gasteiger partial charge on any atom is 0.263 e. The van der Waals surface area contributed by atoms with E-state index in [9.17, 15) is 8.42 Å². The molecule has 3 rings (SSSR count). The lowest BCUT2D eigenvalue weighted by Gasteiger charge is -2.13. The number of hydrogen-bond acceptors (Lipinski definition) is 4. The monoisotopic (exact) mass is 426 g/mol. The van der Waals surface area contributed by atoms with Crippen LogP contribution in [0.3, 0.4) is 0 Å². The largest absolute Gasteiger partial charge is 0.497 e. The van der Waals surface area contributed by atoms with E-state index in [1.165, 1.54) is 19.2 Å². The van der Waals surface area contributed by atoms with Gasteiger partial charge in [-0.1, -0.05) is 33.6 Å². The maximum absolute atomic E-state index is 12.7. The summed E-state index contributed by atoms with van der Waals surface area (Å²) in [6.07, 6.45) is 1.60. The third kappa shape index (κ3) is 3.33. The van der Waals surface area contributed by atoms with Crippen molar-refractivity contribution in [2.24, 2.45) is 0 Å². The zero-order valence-corrected chi connectivity index (χ0v) is 15.6. The van der Waals surface area contributed by atoms with Crippen molar-refractivity contribution in [2.75, 3.05) is 11.8 Å². The van der Waals surface area contributed by atoms with Gasteiger partial charge in [-0.15, -0.1) is 0 Å².